The number of carbonyl (C=O) groups is 1. The van der Waals surface area contributed by atoms with Gasteiger partial charge in [0, 0.05) is 24.7 Å². The van der Waals surface area contributed by atoms with E-state index in [0.29, 0.717) is 36.2 Å². The van der Waals surface area contributed by atoms with Crippen LogP contribution in [0.4, 0.5) is 4.39 Å². The number of benzene rings is 2. The number of halogens is 3. The minimum Gasteiger partial charge on any atom is -0.357 e. The fraction of sp³-hybridized carbons (Fsp3) is 0.300. The Balaban J connectivity index is 0.00000392. The lowest BCUT2D eigenvalue weighted by atomic mass is 10.1. The third-order valence-corrected chi connectivity index (χ3v) is 3.92. The quantitative estimate of drug-likeness (QED) is 0.217. The van der Waals surface area contributed by atoms with Gasteiger partial charge in [0.2, 0.25) is 5.91 Å². The van der Waals surface area contributed by atoms with Crippen LogP contribution in [0.25, 0.3) is 0 Å². The lowest BCUT2D eigenvalue weighted by Gasteiger charge is -2.12. The maximum Gasteiger partial charge on any atom is 0.224 e. The smallest absolute Gasteiger partial charge is 0.224 e. The van der Waals surface area contributed by atoms with E-state index >= 15 is 0 Å². The van der Waals surface area contributed by atoms with E-state index in [9.17, 15) is 9.18 Å². The summed E-state index contributed by atoms with van der Waals surface area (Å²) in [5.74, 6) is 0.187. The largest absolute Gasteiger partial charge is 0.357 e. The maximum absolute atomic E-state index is 13.1. The molecule has 5 nitrogen and oxygen atoms in total. The Morgan fingerprint density at radius 2 is 1.75 bits per heavy atom. The number of nitrogens with zero attached hydrogens (tertiary/aromatic N) is 1. The van der Waals surface area contributed by atoms with Crippen LogP contribution in [0, 0.1) is 5.82 Å². The molecular formula is C20H25ClFIN4O. The van der Waals surface area contributed by atoms with Crippen LogP contribution in [0.1, 0.15) is 18.1 Å². The van der Waals surface area contributed by atoms with Crippen molar-refractivity contribution in [2.24, 2.45) is 4.99 Å². The summed E-state index contributed by atoms with van der Waals surface area (Å²) in [6.07, 6.45) is 0.155. The first-order valence-electron chi connectivity index (χ1n) is 8.84. The number of carbonyl (C=O) groups excluding carboxylic acids is 1. The number of aliphatic imine (C=N–C) groups is 1. The predicted octanol–water partition coefficient (Wildman–Crippen LogP) is 3.51. The summed E-state index contributed by atoms with van der Waals surface area (Å²) in [7, 11) is 0. The van der Waals surface area contributed by atoms with Gasteiger partial charge in [-0.15, -0.1) is 24.0 Å². The minimum atomic E-state index is -0.339. The van der Waals surface area contributed by atoms with E-state index < -0.39 is 0 Å². The number of nitrogens with one attached hydrogen (secondary N) is 3. The van der Waals surface area contributed by atoms with E-state index in [1.165, 1.54) is 12.1 Å². The Kier molecular flexibility index (Phi) is 11.5. The van der Waals surface area contributed by atoms with Crippen molar-refractivity contribution in [3.05, 3.63) is 70.5 Å². The molecule has 1 amide bonds. The van der Waals surface area contributed by atoms with Gasteiger partial charge >= 0.3 is 0 Å². The molecule has 0 radical (unpaired) electrons. The van der Waals surface area contributed by atoms with Crippen LogP contribution in [0.5, 0.6) is 0 Å². The average Bonchev–Trinajstić information content (AvgIpc) is 2.64. The third kappa shape index (κ3) is 9.36. The molecule has 2 rings (SSSR count). The predicted molar refractivity (Wildman–Crippen MR) is 123 cm³/mol. The van der Waals surface area contributed by atoms with Gasteiger partial charge in [-0.05, 0) is 42.3 Å². The van der Waals surface area contributed by atoms with E-state index in [1.54, 1.807) is 12.1 Å². The molecule has 0 saturated heterocycles. The van der Waals surface area contributed by atoms with Crippen LogP contribution < -0.4 is 16.0 Å². The highest BCUT2D eigenvalue weighted by Gasteiger charge is 2.04. The standard InChI is InChI=1S/C20H24ClFN4O.HI/c1-2-23-20(26-14-15-6-8-17(21)9-7-15)25-11-10-24-19(27)13-16-4-3-5-18(22)12-16;/h3-9,12H,2,10-11,13-14H2,1H3,(H,24,27)(H2,23,25,26);1H. The Morgan fingerprint density at radius 3 is 2.43 bits per heavy atom. The molecule has 0 spiro atoms. The molecule has 152 valence electrons. The summed E-state index contributed by atoms with van der Waals surface area (Å²) in [5, 5.41) is 9.83. The number of hydrogen-bond donors (Lipinski definition) is 3. The van der Waals surface area contributed by atoms with E-state index in [1.807, 2.05) is 31.2 Å². The molecule has 0 unspecified atom stereocenters. The molecule has 0 aromatic heterocycles. The lowest BCUT2D eigenvalue weighted by Crippen LogP contribution is -2.41. The molecule has 0 heterocycles. The van der Waals surface area contributed by atoms with Crippen molar-refractivity contribution in [1.29, 1.82) is 0 Å². The van der Waals surface area contributed by atoms with Gasteiger partial charge in [0.25, 0.3) is 0 Å². The van der Waals surface area contributed by atoms with Crippen LogP contribution in [0.3, 0.4) is 0 Å². The van der Waals surface area contributed by atoms with E-state index in [4.69, 9.17) is 11.6 Å². The average molecular weight is 519 g/mol. The molecule has 0 aliphatic rings. The Hall–Kier alpha value is -1.87. The van der Waals surface area contributed by atoms with Crippen LogP contribution in [0.15, 0.2) is 53.5 Å². The van der Waals surface area contributed by atoms with Gasteiger partial charge < -0.3 is 16.0 Å². The van der Waals surface area contributed by atoms with Crippen LogP contribution >= 0.6 is 35.6 Å². The molecule has 8 heteroatoms. The zero-order chi connectivity index (χ0) is 19.5. The molecule has 28 heavy (non-hydrogen) atoms. The minimum absolute atomic E-state index is 0. The van der Waals surface area contributed by atoms with Crippen LogP contribution in [-0.4, -0.2) is 31.5 Å². The molecule has 0 fully saturated rings. The molecular weight excluding hydrogens is 494 g/mol. The SMILES string of the molecule is CCNC(=NCc1ccc(Cl)cc1)NCCNC(=O)Cc1cccc(F)c1.I. The molecule has 0 aliphatic heterocycles. The van der Waals surface area contributed by atoms with Crippen molar-refractivity contribution in [3.8, 4) is 0 Å². The first-order valence-corrected chi connectivity index (χ1v) is 9.22. The van der Waals surface area contributed by atoms with Gasteiger partial charge in [-0.25, -0.2) is 9.38 Å². The third-order valence-electron chi connectivity index (χ3n) is 3.67. The van der Waals surface area contributed by atoms with Gasteiger partial charge in [0.05, 0.1) is 13.0 Å². The fourth-order valence-electron chi connectivity index (χ4n) is 2.38. The number of amides is 1. The Labute approximate surface area is 187 Å². The highest BCUT2D eigenvalue weighted by Crippen LogP contribution is 2.10. The lowest BCUT2D eigenvalue weighted by molar-refractivity contribution is -0.120. The molecule has 3 N–H and O–H groups in total. The van der Waals surface area contributed by atoms with Crippen molar-refractivity contribution >= 4 is 47.4 Å². The van der Waals surface area contributed by atoms with Crippen molar-refractivity contribution in [3.63, 3.8) is 0 Å². The van der Waals surface area contributed by atoms with Gasteiger partial charge in [0.1, 0.15) is 5.82 Å². The van der Waals surface area contributed by atoms with E-state index in [-0.39, 0.29) is 42.1 Å². The highest BCUT2D eigenvalue weighted by molar-refractivity contribution is 14.0. The summed E-state index contributed by atoms with van der Waals surface area (Å²) >= 11 is 5.88. The van der Waals surface area contributed by atoms with E-state index in [0.717, 1.165) is 12.1 Å². The first-order chi connectivity index (χ1) is 13.1. The molecule has 2 aromatic carbocycles. The van der Waals surface area contributed by atoms with Gasteiger partial charge in [0.15, 0.2) is 5.96 Å². The summed E-state index contributed by atoms with van der Waals surface area (Å²) in [4.78, 5) is 16.4. The molecule has 0 saturated carbocycles. The zero-order valence-corrected chi connectivity index (χ0v) is 18.8. The molecule has 0 aliphatic carbocycles. The fourth-order valence-corrected chi connectivity index (χ4v) is 2.51. The summed E-state index contributed by atoms with van der Waals surface area (Å²) < 4.78 is 13.1. The molecule has 2 aromatic rings. The van der Waals surface area contributed by atoms with Gasteiger partial charge in [-0.1, -0.05) is 35.9 Å². The monoisotopic (exact) mass is 518 g/mol. The molecule has 0 atom stereocenters. The van der Waals surface area contributed by atoms with Crippen molar-refractivity contribution < 1.29 is 9.18 Å². The first kappa shape index (κ1) is 24.2. The molecule has 0 bridgehead atoms. The van der Waals surface area contributed by atoms with E-state index in [2.05, 4.69) is 20.9 Å². The zero-order valence-electron chi connectivity index (χ0n) is 15.7. The topological polar surface area (TPSA) is 65.5 Å². The number of rotatable bonds is 8. The van der Waals surface area contributed by atoms with Crippen molar-refractivity contribution in [1.82, 2.24) is 16.0 Å². The summed E-state index contributed by atoms with van der Waals surface area (Å²) in [5.41, 5.74) is 1.71. The Morgan fingerprint density at radius 1 is 1.04 bits per heavy atom. The van der Waals surface area contributed by atoms with Crippen LogP contribution in [-0.2, 0) is 17.8 Å². The maximum atomic E-state index is 13.1. The normalized spacial score (nSPS) is 10.8. The van der Waals surface area contributed by atoms with Gasteiger partial charge in [-0.3, -0.25) is 4.79 Å². The second-order valence-corrected chi connectivity index (χ2v) is 6.34. The van der Waals surface area contributed by atoms with Crippen molar-refractivity contribution in [2.45, 2.75) is 19.9 Å². The number of guanidine groups is 1. The summed E-state index contributed by atoms with van der Waals surface area (Å²) in [6, 6.07) is 13.6. The summed E-state index contributed by atoms with van der Waals surface area (Å²) in [6.45, 7) is 4.22. The number of hydrogen-bond acceptors (Lipinski definition) is 2. The van der Waals surface area contributed by atoms with Gasteiger partial charge in [-0.2, -0.15) is 0 Å². The van der Waals surface area contributed by atoms with Crippen molar-refractivity contribution in [2.75, 3.05) is 19.6 Å². The van der Waals surface area contributed by atoms with Crippen LogP contribution in [0.2, 0.25) is 5.02 Å². The highest BCUT2D eigenvalue weighted by atomic mass is 127. The Bertz CT molecular complexity index is 771. The second-order valence-electron chi connectivity index (χ2n) is 5.91. The second kappa shape index (κ2) is 13.3.